The first-order chi connectivity index (χ1) is 7.52. The van der Waals surface area contributed by atoms with Crippen LogP contribution in [-0.4, -0.2) is 28.4 Å². The molecule has 16 heavy (non-hydrogen) atoms. The highest BCUT2D eigenvalue weighted by atomic mass is 16.5. The summed E-state index contributed by atoms with van der Waals surface area (Å²) >= 11 is 0. The van der Waals surface area contributed by atoms with Crippen LogP contribution in [0.15, 0.2) is 18.7 Å². The van der Waals surface area contributed by atoms with Gasteiger partial charge in [-0.05, 0) is 12.5 Å². The molecule has 86 valence electrons. The summed E-state index contributed by atoms with van der Waals surface area (Å²) in [5.74, 6) is -2.46. The van der Waals surface area contributed by atoms with Crippen molar-refractivity contribution >= 4 is 5.97 Å². The molecule has 0 aliphatic carbocycles. The summed E-state index contributed by atoms with van der Waals surface area (Å²) in [6, 6.07) is 1.37. The molecular weight excluding hydrogens is 212 g/mol. The van der Waals surface area contributed by atoms with E-state index in [4.69, 9.17) is 9.84 Å². The van der Waals surface area contributed by atoms with E-state index in [-0.39, 0.29) is 12.2 Å². The highest BCUT2D eigenvalue weighted by molar-refractivity contribution is 5.95. The largest absolute Gasteiger partial charge is 0.507 e. The summed E-state index contributed by atoms with van der Waals surface area (Å²) in [4.78, 5) is 10.9. The molecule has 0 saturated carbocycles. The number of phenols is 2. The highest BCUT2D eigenvalue weighted by Gasteiger charge is 2.22. The van der Waals surface area contributed by atoms with Gasteiger partial charge in [-0.15, -0.1) is 6.58 Å². The lowest BCUT2D eigenvalue weighted by molar-refractivity contribution is 0.0689. The van der Waals surface area contributed by atoms with Gasteiger partial charge in [0.25, 0.3) is 0 Å². The van der Waals surface area contributed by atoms with Gasteiger partial charge in [-0.3, -0.25) is 0 Å². The topological polar surface area (TPSA) is 87.0 Å². The van der Waals surface area contributed by atoms with Gasteiger partial charge in [-0.1, -0.05) is 6.08 Å². The molecule has 0 heterocycles. The summed E-state index contributed by atoms with van der Waals surface area (Å²) in [7, 11) is 1.30. The predicted molar refractivity (Wildman–Crippen MR) is 57.2 cm³/mol. The Labute approximate surface area is 92.2 Å². The van der Waals surface area contributed by atoms with Crippen LogP contribution in [0, 0.1) is 0 Å². The number of ether oxygens (including phenoxy) is 1. The fourth-order valence-corrected chi connectivity index (χ4v) is 1.36. The fraction of sp³-hybridized carbons (Fsp3) is 0.182. The molecule has 3 N–H and O–H groups in total. The smallest absolute Gasteiger partial charge is 0.343 e. The van der Waals surface area contributed by atoms with Crippen molar-refractivity contribution < 1.29 is 24.9 Å². The number of methoxy groups -OCH3 is 1. The number of aromatic hydroxyl groups is 2. The third-order valence-corrected chi connectivity index (χ3v) is 2.11. The third-order valence-electron chi connectivity index (χ3n) is 2.11. The Balaban J connectivity index is 3.50. The molecular formula is C11H12O5. The number of carboxylic acids is 1. The van der Waals surface area contributed by atoms with E-state index in [1.165, 1.54) is 19.3 Å². The number of hydrogen-bond acceptors (Lipinski definition) is 4. The van der Waals surface area contributed by atoms with E-state index in [9.17, 15) is 15.0 Å². The minimum atomic E-state index is -1.42. The summed E-state index contributed by atoms with van der Waals surface area (Å²) in [5.41, 5.74) is -0.224. The number of hydrogen-bond donors (Lipinski definition) is 3. The first kappa shape index (κ1) is 11.9. The zero-order valence-corrected chi connectivity index (χ0v) is 8.73. The normalized spacial score (nSPS) is 9.81. The molecule has 0 spiro atoms. The number of rotatable bonds is 4. The number of carbonyl (C=O) groups is 1. The SMILES string of the molecule is C=CCc1cc(OC)c(O)c(C(=O)O)c1O. The van der Waals surface area contributed by atoms with Gasteiger partial charge in [-0.25, -0.2) is 4.79 Å². The maximum Gasteiger partial charge on any atom is 0.343 e. The molecule has 0 fully saturated rings. The van der Waals surface area contributed by atoms with Crippen LogP contribution in [-0.2, 0) is 6.42 Å². The van der Waals surface area contributed by atoms with Crippen LogP contribution in [0.5, 0.6) is 17.2 Å². The van der Waals surface area contributed by atoms with Crippen LogP contribution in [0.1, 0.15) is 15.9 Å². The maximum atomic E-state index is 10.9. The van der Waals surface area contributed by atoms with Gasteiger partial charge in [0.15, 0.2) is 11.5 Å². The third kappa shape index (κ3) is 1.93. The van der Waals surface area contributed by atoms with Gasteiger partial charge < -0.3 is 20.1 Å². The van der Waals surface area contributed by atoms with Gasteiger partial charge in [0, 0.05) is 5.56 Å². The summed E-state index contributed by atoms with van der Waals surface area (Å²) in [5, 5.41) is 28.0. The quantitative estimate of drug-likeness (QED) is 0.675. The maximum absolute atomic E-state index is 10.9. The first-order valence-corrected chi connectivity index (χ1v) is 4.48. The average Bonchev–Trinajstić information content (AvgIpc) is 2.22. The van der Waals surface area contributed by atoms with Crippen molar-refractivity contribution in [3.8, 4) is 17.2 Å². The van der Waals surface area contributed by atoms with Gasteiger partial charge >= 0.3 is 5.97 Å². The van der Waals surface area contributed by atoms with Crippen LogP contribution in [0.2, 0.25) is 0 Å². The van der Waals surface area contributed by atoms with Crippen LogP contribution in [0.4, 0.5) is 0 Å². The second kappa shape index (κ2) is 4.57. The number of benzene rings is 1. The van der Waals surface area contributed by atoms with E-state index < -0.39 is 23.0 Å². The Bertz CT molecular complexity index is 436. The number of aromatic carboxylic acids is 1. The Morgan fingerprint density at radius 2 is 2.12 bits per heavy atom. The lowest BCUT2D eigenvalue weighted by Gasteiger charge is -2.11. The highest BCUT2D eigenvalue weighted by Crippen LogP contribution is 2.39. The molecule has 0 aliphatic heterocycles. The molecule has 0 aromatic heterocycles. The Morgan fingerprint density at radius 1 is 1.50 bits per heavy atom. The van der Waals surface area contributed by atoms with Crippen LogP contribution in [0.25, 0.3) is 0 Å². The van der Waals surface area contributed by atoms with Crippen LogP contribution >= 0.6 is 0 Å². The second-order valence-electron chi connectivity index (χ2n) is 3.11. The molecule has 5 nitrogen and oxygen atoms in total. The summed E-state index contributed by atoms with van der Waals surface area (Å²) in [6.45, 7) is 3.49. The Morgan fingerprint density at radius 3 is 2.56 bits per heavy atom. The van der Waals surface area contributed by atoms with Crippen molar-refractivity contribution in [3.05, 3.63) is 29.8 Å². The van der Waals surface area contributed by atoms with Gasteiger partial charge in [-0.2, -0.15) is 0 Å². The molecule has 0 amide bonds. The van der Waals surface area contributed by atoms with Gasteiger partial charge in [0.05, 0.1) is 7.11 Å². The number of carboxylic acid groups (broad SMARTS) is 1. The van der Waals surface area contributed by atoms with Crippen molar-refractivity contribution in [3.63, 3.8) is 0 Å². The van der Waals surface area contributed by atoms with Crippen molar-refractivity contribution in [2.24, 2.45) is 0 Å². The monoisotopic (exact) mass is 224 g/mol. The van der Waals surface area contributed by atoms with Crippen molar-refractivity contribution in [1.29, 1.82) is 0 Å². The molecule has 0 aliphatic rings. The molecule has 0 saturated heterocycles. The summed E-state index contributed by atoms with van der Waals surface area (Å²) in [6.07, 6.45) is 1.79. The molecule has 1 aromatic rings. The van der Waals surface area contributed by atoms with E-state index in [2.05, 4.69) is 6.58 Å². The molecule has 5 heteroatoms. The fourth-order valence-electron chi connectivity index (χ4n) is 1.36. The Hall–Kier alpha value is -2.17. The molecule has 0 bridgehead atoms. The van der Waals surface area contributed by atoms with Gasteiger partial charge in [0.1, 0.15) is 11.3 Å². The summed E-state index contributed by atoms with van der Waals surface area (Å²) < 4.78 is 4.82. The zero-order valence-electron chi connectivity index (χ0n) is 8.73. The molecule has 0 radical (unpaired) electrons. The lowest BCUT2D eigenvalue weighted by atomic mass is 10.0. The second-order valence-corrected chi connectivity index (χ2v) is 3.11. The van der Waals surface area contributed by atoms with Crippen LogP contribution < -0.4 is 4.74 Å². The zero-order chi connectivity index (χ0) is 12.3. The van der Waals surface area contributed by atoms with E-state index >= 15 is 0 Å². The van der Waals surface area contributed by atoms with E-state index in [0.29, 0.717) is 5.56 Å². The van der Waals surface area contributed by atoms with Crippen LogP contribution in [0.3, 0.4) is 0 Å². The van der Waals surface area contributed by atoms with Crippen molar-refractivity contribution in [2.45, 2.75) is 6.42 Å². The molecule has 1 rings (SSSR count). The Kier molecular flexibility index (Phi) is 3.40. The van der Waals surface area contributed by atoms with E-state index in [1.807, 2.05) is 0 Å². The average molecular weight is 224 g/mol. The molecule has 0 unspecified atom stereocenters. The standard InChI is InChI=1S/C11H12O5/c1-3-4-6-5-7(16-2)10(13)8(9(6)12)11(14)15/h3,5,12-13H,1,4H2,2H3,(H,14,15). The van der Waals surface area contributed by atoms with E-state index in [0.717, 1.165) is 0 Å². The molecule has 1 aromatic carbocycles. The predicted octanol–water partition coefficient (Wildman–Crippen LogP) is 1.53. The number of allylic oxidation sites excluding steroid dienone is 1. The minimum absolute atomic E-state index is 0.00653. The van der Waals surface area contributed by atoms with Crippen molar-refractivity contribution in [1.82, 2.24) is 0 Å². The first-order valence-electron chi connectivity index (χ1n) is 4.48. The van der Waals surface area contributed by atoms with E-state index in [1.54, 1.807) is 0 Å². The molecule has 0 atom stereocenters. The lowest BCUT2D eigenvalue weighted by Crippen LogP contribution is -2.01. The minimum Gasteiger partial charge on any atom is -0.507 e. The van der Waals surface area contributed by atoms with Crippen molar-refractivity contribution in [2.75, 3.05) is 7.11 Å². The van der Waals surface area contributed by atoms with Gasteiger partial charge in [0.2, 0.25) is 0 Å².